The summed E-state index contributed by atoms with van der Waals surface area (Å²) in [6.07, 6.45) is 2.42. The van der Waals surface area contributed by atoms with Crippen LogP contribution in [0.25, 0.3) is 0 Å². The molecule has 2 aliphatic rings. The van der Waals surface area contributed by atoms with Gasteiger partial charge in [0.25, 0.3) is 0 Å². The molecule has 0 aromatic heterocycles. The Morgan fingerprint density at radius 1 is 1.41 bits per heavy atom. The van der Waals surface area contributed by atoms with E-state index >= 15 is 0 Å². The van der Waals surface area contributed by atoms with Crippen LogP contribution in [0.1, 0.15) is 30.6 Å². The van der Waals surface area contributed by atoms with Gasteiger partial charge < -0.3 is 10.1 Å². The number of hydrogen-bond acceptors (Lipinski definition) is 3. The number of amidine groups is 1. The Bertz CT molecular complexity index is 442. The third kappa shape index (κ3) is 1.95. The van der Waals surface area contributed by atoms with Gasteiger partial charge >= 0.3 is 0 Å². The molecular weight excluding hydrogens is 212 g/mol. The second-order valence-corrected chi connectivity index (χ2v) is 4.64. The van der Waals surface area contributed by atoms with Crippen molar-refractivity contribution in [2.45, 2.75) is 32.0 Å². The van der Waals surface area contributed by atoms with Crippen molar-refractivity contribution >= 4 is 5.84 Å². The molecule has 3 nitrogen and oxygen atoms in total. The Balaban J connectivity index is 1.97. The molecule has 0 fully saturated rings. The minimum Gasteiger partial charge on any atom is -0.369 e. The van der Waals surface area contributed by atoms with Crippen LogP contribution in [0.2, 0.25) is 0 Å². The van der Waals surface area contributed by atoms with E-state index in [4.69, 9.17) is 4.74 Å². The number of rotatable bonds is 2. The summed E-state index contributed by atoms with van der Waals surface area (Å²) in [5.41, 5.74) is 2.69. The molecule has 2 unspecified atom stereocenters. The minimum absolute atomic E-state index is 0.0207. The summed E-state index contributed by atoms with van der Waals surface area (Å²) >= 11 is 0. The average molecular weight is 230 g/mol. The van der Waals surface area contributed by atoms with Gasteiger partial charge in [0, 0.05) is 6.54 Å². The molecule has 3 heteroatoms. The molecule has 2 atom stereocenters. The van der Waals surface area contributed by atoms with Crippen molar-refractivity contribution in [1.29, 1.82) is 0 Å². The molecule has 1 aromatic carbocycles. The van der Waals surface area contributed by atoms with Gasteiger partial charge in [0.05, 0.1) is 12.6 Å². The Kier molecular flexibility index (Phi) is 2.85. The molecule has 17 heavy (non-hydrogen) atoms. The molecule has 90 valence electrons. The van der Waals surface area contributed by atoms with Gasteiger partial charge in [-0.25, -0.2) is 0 Å². The molecule has 3 rings (SSSR count). The molecule has 1 aromatic rings. The Hall–Kier alpha value is -1.35. The topological polar surface area (TPSA) is 33.6 Å². The average Bonchev–Trinajstić information content (AvgIpc) is 2.91. The molecule has 0 spiro atoms. The lowest BCUT2D eigenvalue weighted by atomic mass is 9.93. The molecular formula is C14H18N2O. The fourth-order valence-corrected chi connectivity index (χ4v) is 2.58. The lowest BCUT2D eigenvalue weighted by Gasteiger charge is -2.31. The Labute approximate surface area is 102 Å². The zero-order valence-electron chi connectivity index (χ0n) is 10.1. The predicted octanol–water partition coefficient (Wildman–Crippen LogP) is 2.08. The molecule has 1 N–H and O–H groups in total. The molecule has 0 saturated carbocycles. The number of ether oxygens (including phenoxy) is 1. The van der Waals surface area contributed by atoms with Crippen LogP contribution in [0.3, 0.4) is 0 Å². The maximum absolute atomic E-state index is 6.15. The Morgan fingerprint density at radius 3 is 3.06 bits per heavy atom. The van der Waals surface area contributed by atoms with E-state index in [1.165, 1.54) is 11.1 Å². The van der Waals surface area contributed by atoms with Crippen molar-refractivity contribution < 1.29 is 4.74 Å². The highest BCUT2D eigenvalue weighted by molar-refractivity contribution is 5.89. The molecule has 0 radical (unpaired) electrons. The molecule has 0 aliphatic carbocycles. The van der Waals surface area contributed by atoms with Gasteiger partial charge in [0.1, 0.15) is 11.9 Å². The standard InChI is InChI=1S/C14H18N2O/c1-2-11-9-10-5-3-4-6-12(10)13(17-11)14-15-7-8-16-14/h3-6,11,13H,2,7-9H2,1H3,(H,15,16). The summed E-state index contributed by atoms with van der Waals surface area (Å²) in [7, 11) is 0. The third-order valence-corrected chi connectivity index (χ3v) is 3.52. The monoisotopic (exact) mass is 230 g/mol. The van der Waals surface area contributed by atoms with Crippen molar-refractivity contribution in [3.05, 3.63) is 35.4 Å². The van der Waals surface area contributed by atoms with Gasteiger partial charge in [-0.3, -0.25) is 4.99 Å². The predicted molar refractivity (Wildman–Crippen MR) is 68.4 cm³/mol. The lowest BCUT2D eigenvalue weighted by molar-refractivity contribution is 0.00726. The van der Waals surface area contributed by atoms with E-state index in [2.05, 4.69) is 41.5 Å². The first kappa shape index (κ1) is 10.8. The van der Waals surface area contributed by atoms with Gasteiger partial charge in [0.2, 0.25) is 0 Å². The van der Waals surface area contributed by atoms with Crippen molar-refractivity contribution in [2.75, 3.05) is 13.1 Å². The second-order valence-electron chi connectivity index (χ2n) is 4.64. The highest BCUT2D eigenvalue weighted by Gasteiger charge is 2.30. The van der Waals surface area contributed by atoms with E-state index in [0.717, 1.165) is 31.8 Å². The minimum atomic E-state index is 0.0207. The van der Waals surface area contributed by atoms with Gasteiger partial charge in [-0.05, 0) is 24.0 Å². The highest BCUT2D eigenvalue weighted by atomic mass is 16.5. The van der Waals surface area contributed by atoms with Crippen LogP contribution in [0, 0.1) is 0 Å². The molecule has 0 bridgehead atoms. The fourth-order valence-electron chi connectivity index (χ4n) is 2.58. The van der Waals surface area contributed by atoms with Crippen LogP contribution in [0.5, 0.6) is 0 Å². The van der Waals surface area contributed by atoms with E-state index in [-0.39, 0.29) is 6.10 Å². The number of nitrogens with zero attached hydrogens (tertiary/aromatic N) is 1. The maximum Gasteiger partial charge on any atom is 0.140 e. The number of fused-ring (bicyclic) bond motifs is 1. The van der Waals surface area contributed by atoms with E-state index in [9.17, 15) is 0 Å². The molecule has 0 amide bonds. The first-order valence-corrected chi connectivity index (χ1v) is 6.40. The SMILES string of the molecule is CCC1Cc2ccccc2C(C2=NCCN2)O1. The molecule has 2 heterocycles. The summed E-state index contributed by atoms with van der Waals surface area (Å²) in [6.45, 7) is 3.99. The van der Waals surface area contributed by atoms with E-state index < -0.39 is 0 Å². The normalized spacial score (nSPS) is 27.2. The van der Waals surface area contributed by atoms with Crippen LogP contribution in [-0.2, 0) is 11.2 Å². The zero-order chi connectivity index (χ0) is 11.7. The summed E-state index contributed by atoms with van der Waals surface area (Å²) in [4.78, 5) is 4.51. The van der Waals surface area contributed by atoms with Gasteiger partial charge in [-0.1, -0.05) is 31.2 Å². The van der Waals surface area contributed by atoms with Crippen LogP contribution in [0.15, 0.2) is 29.3 Å². The fraction of sp³-hybridized carbons (Fsp3) is 0.500. The zero-order valence-corrected chi connectivity index (χ0v) is 10.1. The van der Waals surface area contributed by atoms with Crippen LogP contribution in [-0.4, -0.2) is 25.0 Å². The number of aliphatic imine (C=N–C) groups is 1. The van der Waals surface area contributed by atoms with Gasteiger partial charge in [-0.15, -0.1) is 0 Å². The third-order valence-electron chi connectivity index (χ3n) is 3.52. The molecule has 0 saturated heterocycles. The second kappa shape index (κ2) is 4.49. The first-order chi connectivity index (χ1) is 8.38. The highest BCUT2D eigenvalue weighted by Crippen LogP contribution is 2.32. The van der Waals surface area contributed by atoms with Crippen molar-refractivity contribution in [3.8, 4) is 0 Å². The smallest absolute Gasteiger partial charge is 0.140 e. The molecule has 2 aliphatic heterocycles. The number of nitrogens with one attached hydrogen (secondary N) is 1. The first-order valence-electron chi connectivity index (χ1n) is 6.40. The van der Waals surface area contributed by atoms with Gasteiger partial charge in [0.15, 0.2) is 0 Å². The van der Waals surface area contributed by atoms with Crippen LogP contribution < -0.4 is 5.32 Å². The van der Waals surface area contributed by atoms with E-state index in [1.54, 1.807) is 0 Å². The summed E-state index contributed by atoms with van der Waals surface area (Å²) in [5.74, 6) is 1.01. The van der Waals surface area contributed by atoms with Gasteiger partial charge in [-0.2, -0.15) is 0 Å². The number of hydrogen-bond donors (Lipinski definition) is 1. The van der Waals surface area contributed by atoms with E-state index in [1.807, 2.05) is 0 Å². The maximum atomic E-state index is 6.15. The van der Waals surface area contributed by atoms with Crippen LogP contribution in [0.4, 0.5) is 0 Å². The summed E-state index contributed by atoms with van der Waals surface area (Å²) in [6, 6.07) is 8.56. The summed E-state index contributed by atoms with van der Waals surface area (Å²) < 4.78 is 6.15. The lowest BCUT2D eigenvalue weighted by Crippen LogP contribution is -2.35. The summed E-state index contributed by atoms with van der Waals surface area (Å²) in [5, 5.41) is 3.34. The Morgan fingerprint density at radius 2 is 2.29 bits per heavy atom. The van der Waals surface area contributed by atoms with Crippen molar-refractivity contribution in [1.82, 2.24) is 5.32 Å². The quantitative estimate of drug-likeness (QED) is 0.844. The van der Waals surface area contributed by atoms with Crippen molar-refractivity contribution in [2.24, 2.45) is 4.99 Å². The van der Waals surface area contributed by atoms with Crippen LogP contribution >= 0.6 is 0 Å². The van der Waals surface area contributed by atoms with Crippen molar-refractivity contribution in [3.63, 3.8) is 0 Å². The largest absolute Gasteiger partial charge is 0.369 e. The number of benzene rings is 1. The van der Waals surface area contributed by atoms with E-state index in [0.29, 0.717) is 6.10 Å².